The summed E-state index contributed by atoms with van der Waals surface area (Å²) >= 11 is 6.00. The lowest BCUT2D eigenvalue weighted by molar-refractivity contribution is -0.137. The Hall–Kier alpha value is -3.82. The van der Waals surface area contributed by atoms with Gasteiger partial charge in [0, 0.05) is 16.1 Å². The van der Waals surface area contributed by atoms with Crippen LogP contribution in [0.25, 0.3) is 0 Å². The molecule has 0 unspecified atom stereocenters. The molecule has 10 heteroatoms. The number of fused-ring (bicyclic) bond motifs is 3. The van der Waals surface area contributed by atoms with Gasteiger partial charge in [0.15, 0.2) is 0 Å². The highest BCUT2D eigenvalue weighted by atomic mass is 35.5. The van der Waals surface area contributed by atoms with Crippen molar-refractivity contribution in [1.29, 1.82) is 0 Å². The zero-order valence-electron chi connectivity index (χ0n) is 18.7. The molecule has 0 N–H and O–H groups in total. The topological polar surface area (TPSA) is 80.8 Å². The molecule has 0 radical (unpaired) electrons. The van der Waals surface area contributed by atoms with Crippen LogP contribution in [0.2, 0.25) is 5.02 Å². The van der Waals surface area contributed by atoms with E-state index in [0.717, 1.165) is 29.2 Å². The minimum absolute atomic E-state index is 0.0798. The van der Waals surface area contributed by atoms with Gasteiger partial charge in [-0.15, -0.1) is 0 Å². The van der Waals surface area contributed by atoms with E-state index >= 15 is 0 Å². The summed E-state index contributed by atoms with van der Waals surface area (Å²) in [7, 11) is 0. The average molecular weight is 526 g/mol. The number of ketones is 2. The SMILES string of the molecule is O=C1[C@@H]2[C@@H](C(=O)N1c1ccc(C(F)(F)F)cc1)C1(O[C@H]2c2ccc(Cl)cc2)C(=O)c2ccccc2C1=O. The summed E-state index contributed by atoms with van der Waals surface area (Å²) in [6.45, 7) is 0. The second kappa shape index (κ2) is 7.84. The standard InChI is InChI=1S/C27H15ClF3NO5/c28-15-9-5-13(6-10-15)21-19-20(26(37-21)22(33)17-3-1-2-4-18(17)23(26)34)25(36)32(24(19)35)16-11-7-14(8-12-16)27(29,30)31/h1-12,19-21H/t19-,20+,21+/m1/s1. The molecule has 2 aliphatic heterocycles. The fraction of sp³-hybridized carbons (Fsp3) is 0.185. The van der Waals surface area contributed by atoms with Crippen molar-refractivity contribution in [3.8, 4) is 0 Å². The number of alkyl halides is 3. The van der Waals surface area contributed by atoms with Crippen molar-refractivity contribution in [1.82, 2.24) is 0 Å². The Kier molecular flexibility index (Phi) is 4.99. The van der Waals surface area contributed by atoms with Gasteiger partial charge in [-0.05, 0) is 42.0 Å². The van der Waals surface area contributed by atoms with E-state index in [1.54, 1.807) is 36.4 Å². The Balaban J connectivity index is 1.50. The third-order valence-electron chi connectivity index (χ3n) is 7.17. The Bertz CT molecular complexity index is 1460. The van der Waals surface area contributed by atoms with Crippen LogP contribution in [0.1, 0.15) is 37.9 Å². The van der Waals surface area contributed by atoms with Crippen molar-refractivity contribution >= 4 is 40.7 Å². The van der Waals surface area contributed by atoms with Crippen LogP contribution in [-0.4, -0.2) is 29.0 Å². The summed E-state index contributed by atoms with van der Waals surface area (Å²) in [5.41, 5.74) is -2.74. The number of nitrogens with zero attached hydrogens (tertiary/aromatic N) is 1. The Morgan fingerprint density at radius 3 is 1.89 bits per heavy atom. The molecule has 3 aromatic rings. The van der Waals surface area contributed by atoms with E-state index in [0.29, 0.717) is 10.6 Å². The van der Waals surface area contributed by atoms with Crippen LogP contribution in [0, 0.1) is 11.8 Å². The van der Waals surface area contributed by atoms with Crippen molar-refractivity contribution < 1.29 is 37.1 Å². The molecule has 3 atom stereocenters. The first-order valence-electron chi connectivity index (χ1n) is 11.2. The molecule has 2 saturated heterocycles. The van der Waals surface area contributed by atoms with Crippen molar-refractivity contribution in [2.75, 3.05) is 4.90 Å². The van der Waals surface area contributed by atoms with Crippen molar-refractivity contribution in [3.63, 3.8) is 0 Å². The Morgan fingerprint density at radius 2 is 1.35 bits per heavy atom. The molecule has 1 spiro atoms. The van der Waals surface area contributed by atoms with Crippen LogP contribution in [0.4, 0.5) is 18.9 Å². The minimum atomic E-state index is -4.61. The number of carbonyl (C=O) groups excluding carboxylic acids is 4. The quantitative estimate of drug-likeness (QED) is 0.345. The normalized spacial score (nSPS) is 24.2. The number of imide groups is 1. The van der Waals surface area contributed by atoms with Gasteiger partial charge < -0.3 is 4.74 Å². The predicted molar refractivity (Wildman–Crippen MR) is 124 cm³/mol. The van der Waals surface area contributed by atoms with E-state index in [2.05, 4.69) is 0 Å². The second-order valence-electron chi connectivity index (χ2n) is 9.09. The molecule has 0 saturated carbocycles. The smallest absolute Gasteiger partial charge is 0.349 e. The number of benzene rings is 3. The monoisotopic (exact) mass is 525 g/mol. The lowest BCUT2D eigenvalue weighted by atomic mass is 9.77. The van der Waals surface area contributed by atoms with Gasteiger partial charge in [-0.2, -0.15) is 13.2 Å². The van der Waals surface area contributed by atoms with Gasteiger partial charge in [0.1, 0.15) is 0 Å². The van der Waals surface area contributed by atoms with Crippen LogP contribution in [-0.2, 0) is 20.5 Å². The molecule has 3 aliphatic rings. The molecule has 2 amide bonds. The average Bonchev–Trinajstić information content (AvgIpc) is 3.44. The van der Waals surface area contributed by atoms with E-state index in [1.807, 2.05) is 0 Å². The molecule has 6 rings (SSSR count). The zero-order valence-corrected chi connectivity index (χ0v) is 19.4. The molecule has 3 aromatic carbocycles. The van der Waals surface area contributed by atoms with Crippen LogP contribution in [0.15, 0.2) is 72.8 Å². The molecule has 0 bridgehead atoms. The maximum absolute atomic E-state index is 13.8. The molecule has 2 fully saturated rings. The van der Waals surface area contributed by atoms with Gasteiger partial charge in [-0.25, -0.2) is 4.90 Å². The molecule has 1 aliphatic carbocycles. The minimum Gasteiger partial charge on any atom is -0.349 e. The Labute approximate surface area is 212 Å². The third-order valence-corrected chi connectivity index (χ3v) is 7.42. The number of amides is 2. The summed E-state index contributed by atoms with van der Waals surface area (Å²) in [5, 5.41) is 0.397. The predicted octanol–water partition coefficient (Wildman–Crippen LogP) is 5.05. The number of ether oxygens (including phenoxy) is 1. The van der Waals surface area contributed by atoms with Crippen LogP contribution < -0.4 is 4.90 Å². The lowest BCUT2D eigenvalue weighted by Crippen LogP contribution is -2.51. The van der Waals surface area contributed by atoms with Crippen LogP contribution >= 0.6 is 11.6 Å². The van der Waals surface area contributed by atoms with E-state index in [1.165, 1.54) is 12.1 Å². The number of halogens is 4. The fourth-order valence-corrected chi connectivity index (χ4v) is 5.65. The summed E-state index contributed by atoms with van der Waals surface area (Å²) in [4.78, 5) is 55.6. The first kappa shape index (κ1) is 23.6. The molecular formula is C27H15ClF3NO5. The molecule has 6 nitrogen and oxygen atoms in total. The third kappa shape index (κ3) is 3.17. The van der Waals surface area contributed by atoms with Gasteiger partial charge in [0.05, 0.1) is 29.2 Å². The van der Waals surface area contributed by atoms with Gasteiger partial charge in [0.2, 0.25) is 29.0 Å². The molecule has 2 heterocycles. The first-order valence-corrected chi connectivity index (χ1v) is 11.6. The Morgan fingerprint density at radius 1 is 0.784 bits per heavy atom. The van der Waals surface area contributed by atoms with E-state index in [4.69, 9.17) is 16.3 Å². The summed E-state index contributed by atoms with van der Waals surface area (Å²) in [6.07, 6.45) is -5.76. The second-order valence-corrected chi connectivity index (χ2v) is 9.53. The molecule has 0 aromatic heterocycles. The lowest BCUT2D eigenvalue weighted by Gasteiger charge is -2.27. The van der Waals surface area contributed by atoms with Crippen molar-refractivity contribution in [2.45, 2.75) is 17.9 Å². The highest BCUT2D eigenvalue weighted by molar-refractivity contribution is 6.37. The summed E-state index contributed by atoms with van der Waals surface area (Å²) in [5.74, 6) is -5.89. The number of hydrogen-bond donors (Lipinski definition) is 0. The van der Waals surface area contributed by atoms with Gasteiger partial charge in [-0.1, -0.05) is 48.0 Å². The van der Waals surface area contributed by atoms with E-state index in [9.17, 15) is 32.3 Å². The molecular weight excluding hydrogens is 511 g/mol. The summed E-state index contributed by atoms with van der Waals surface area (Å²) in [6, 6.07) is 15.8. The maximum Gasteiger partial charge on any atom is 0.416 e. The highest BCUT2D eigenvalue weighted by Crippen LogP contribution is 2.57. The number of rotatable bonds is 2. The zero-order chi connectivity index (χ0) is 26.3. The summed E-state index contributed by atoms with van der Waals surface area (Å²) < 4.78 is 45.4. The van der Waals surface area contributed by atoms with Crippen molar-refractivity contribution in [2.24, 2.45) is 11.8 Å². The van der Waals surface area contributed by atoms with Gasteiger partial charge in [-0.3, -0.25) is 19.2 Å². The van der Waals surface area contributed by atoms with E-state index < -0.39 is 58.7 Å². The van der Waals surface area contributed by atoms with Crippen LogP contribution in [0.5, 0.6) is 0 Å². The number of Topliss-reactive ketones (excluding diaryl/α,β-unsaturated/α-hetero) is 2. The number of anilines is 1. The van der Waals surface area contributed by atoms with Crippen molar-refractivity contribution in [3.05, 3.63) is 100 Å². The maximum atomic E-state index is 13.8. The molecule has 37 heavy (non-hydrogen) atoms. The number of hydrogen-bond acceptors (Lipinski definition) is 5. The van der Waals surface area contributed by atoms with Gasteiger partial charge in [0.25, 0.3) is 0 Å². The fourth-order valence-electron chi connectivity index (χ4n) is 5.52. The molecule has 186 valence electrons. The number of carbonyl (C=O) groups is 4. The highest BCUT2D eigenvalue weighted by Gasteiger charge is 2.74. The van der Waals surface area contributed by atoms with Crippen LogP contribution in [0.3, 0.4) is 0 Å². The van der Waals surface area contributed by atoms with Gasteiger partial charge >= 0.3 is 6.18 Å². The largest absolute Gasteiger partial charge is 0.416 e. The first-order chi connectivity index (χ1) is 17.6. The van der Waals surface area contributed by atoms with E-state index in [-0.39, 0.29) is 16.8 Å².